The molecule has 1 aromatic carbocycles. The number of piperidine rings is 2. The van der Waals surface area contributed by atoms with E-state index in [9.17, 15) is 4.79 Å². The summed E-state index contributed by atoms with van der Waals surface area (Å²) in [6.07, 6.45) is 5.54. The van der Waals surface area contributed by atoms with Crippen molar-refractivity contribution in [3.8, 4) is 0 Å². The van der Waals surface area contributed by atoms with Crippen LogP contribution in [-0.2, 0) is 11.3 Å². The zero-order chi connectivity index (χ0) is 19.1. The lowest BCUT2D eigenvalue weighted by Gasteiger charge is -2.49. The first-order valence-electron chi connectivity index (χ1n) is 10.5. The molecule has 1 atom stereocenters. The maximum absolute atomic E-state index is 12.8. The predicted octanol–water partition coefficient (Wildman–Crippen LogP) is 3.18. The smallest absolute Gasteiger partial charge is 0.230 e. The fourth-order valence-electron chi connectivity index (χ4n) is 4.94. The molecule has 0 N–H and O–H groups in total. The summed E-state index contributed by atoms with van der Waals surface area (Å²) in [5, 5.41) is 8.44. The molecule has 3 aliphatic rings. The van der Waals surface area contributed by atoms with Crippen molar-refractivity contribution >= 4 is 5.91 Å². The number of nitrogens with zero attached hydrogens (tertiary/aromatic N) is 4. The molecule has 6 nitrogen and oxygen atoms in total. The highest BCUT2D eigenvalue weighted by Gasteiger charge is 2.45. The zero-order valence-corrected chi connectivity index (χ0v) is 16.5. The Morgan fingerprint density at radius 2 is 1.89 bits per heavy atom. The normalized spacial score (nSPS) is 25.4. The molecular formula is C22H28N4O2. The van der Waals surface area contributed by atoms with Crippen LogP contribution in [0.1, 0.15) is 61.3 Å². The molecular weight excluding hydrogens is 352 g/mol. The number of likely N-dealkylation sites (tertiary alicyclic amines) is 2. The molecule has 0 radical (unpaired) electrons. The van der Waals surface area contributed by atoms with E-state index in [1.54, 1.807) is 0 Å². The fraction of sp³-hybridized carbons (Fsp3) is 0.591. The molecule has 1 spiro atoms. The van der Waals surface area contributed by atoms with Gasteiger partial charge in [-0.05, 0) is 56.2 Å². The molecule has 1 unspecified atom stereocenters. The first kappa shape index (κ1) is 17.9. The number of amides is 1. The van der Waals surface area contributed by atoms with Crippen LogP contribution in [0.4, 0.5) is 0 Å². The van der Waals surface area contributed by atoms with Crippen LogP contribution in [0.15, 0.2) is 34.7 Å². The quantitative estimate of drug-likeness (QED) is 0.815. The maximum Gasteiger partial charge on any atom is 0.230 e. The van der Waals surface area contributed by atoms with Crippen LogP contribution >= 0.6 is 0 Å². The molecule has 1 aromatic heterocycles. The number of benzene rings is 1. The third-order valence-electron chi connectivity index (χ3n) is 6.77. The highest BCUT2D eigenvalue weighted by molar-refractivity contribution is 5.84. The third-order valence-corrected chi connectivity index (χ3v) is 6.77. The van der Waals surface area contributed by atoms with Gasteiger partial charge in [-0.15, -0.1) is 10.2 Å². The lowest BCUT2D eigenvalue weighted by atomic mass is 9.68. The summed E-state index contributed by atoms with van der Waals surface area (Å²) in [6, 6.07) is 10.3. The van der Waals surface area contributed by atoms with Gasteiger partial charge in [0, 0.05) is 19.5 Å². The Hall–Kier alpha value is -2.21. The van der Waals surface area contributed by atoms with E-state index in [4.69, 9.17) is 4.42 Å². The molecule has 1 saturated carbocycles. The molecule has 1 amide bonds. The Kier molecular flexibility index (Phi) is 4.46. The van der Waals surface area contributed by atoms with E-state index in [1.807, 2.05) is 30.1 Å². The van der Waals surface area contributed by atoms with E-state index in [0.717, 1.165) is 62.8 Å². The number of carbonyl (C=O) groups excluding carboxylic acids is 1. The largest absolute Gasteiger partial charge is 0.424 e. The minimum absolute atomic E-state index is 0.0106. The highest BCUT2D eigenvalue weighted by Crippen LogP contribution is 2.45. The maximum atomic E-state index is 12.8. The Labute approximate surface area is 165 Å². The SMILES string of the molecule is CN1CC2(CCN(Cc3nnc(C4CC4)o3)CC2)CC(c2ccccc2)C1=O. The fourth-order valence-corrected chi connectivity index (χ4v) is 4.94. The van der Waals surface area contributed by atoms with E-state index in [2.05, 4.69) is 27.2 Å². The summed E-state index contributed by atoms with van der Waals surface area (Å²) in [4.78, 5) is 17.2. The second-order valence-electron chi connectivity index (χ2n) is 8.95. The molecule has 2 aliphatic heterocycles. The summed E-state index contributed by atoms with van der Waals surface area (Å²) in [5.74, 6) is 2.33. The number of hydrogen-bond donors (Lipinski definition) is 0. The standard InChI is InChI=1S/C22H28N4O2/c1-25-15-22(13-18(21(25)27)16-5-3-2-4-6-16)9-11-26(12-10-22)14-19-23-24-20(28-19)17-7-8-17/h2-6,17-18H,7-15H2,1H3. The van der Waals surface area contributed by atoms with E-state index in [0.29, 0.717) is 5.92 Å². The molecule has 148 valence electrons. The van der Waals surface area contributed by atoms with Crippen LogP contribution in [0.3, 0.4) is 0 Å². The molecule has 2 saturated heterocycles. The van der Waals surface area contributed by atoms with Crippen molar-refractivity contribution < 1.29 is 9.21 Å². The van der Waals surface area contributed by atoms with Gasteiger partial charge in [0.1, 0.15) is 0 Å². The van der Waals surface area contributed by atoms with Crippen molar-refractivity contribution in [3.63, 3.8) is 0 Å². The van der Waals surface area contributed by atoms with Crippen molar-refractivity contribution in [1.29, 1.82) is 0 Å². The minimum Gasteiger partial charge on any atom is -0.424 e. The number of likely N-dealkylation sites (N-methyl/N-ethyl adjacent to an activating group) is 1. The molecule has 2 aromatic rings. The highest BCUT2D eigenvalue weighted by atomic mass is 16.4. The van der Waals surface area contributed by atoms with E-state index < -0.39 is 0 Å². The van der Waals surface area contributed by atoms with Gasteiger partial charge in [-0.1, -0.05) is 30.3 Å². The van der Waals surface area contributed by atoms with E-state index in [-0.39, 0.29) is 17.2 Å². The average Bonchev–Trinajstić information content (AvgIpc) is 3.47. The van der Waals surface area contributed by atoms with Crippen molar-refractivity contribution in [3.05, 3.63) is 47.7 Å². The molecule has 5 rings (SSSR count). The Morgan fingerprint density at radius 3 is 2.61 bits per heavy atom. The number of aromatic nitrogens is 2. The summed E-state index contributed by atoms with van der Waals surface area (Å²) < 4.78 is 5.84. The number of rotatable bonds is 4. The van der Waals surface area contributed by atoms with Crippen LogP contribution in [0, 0.1) is 5.41 Å². The van der Waals surface area contributed by atoms with Gasteiger partial charge in [0.2, 0.25) is 17.7 Å². The van der Waals surface area contributed by atoms with Gasteiger partial charge in [0.25, 0.3) is 0 Å². The minimum atomic E-state index is -0.0106. The van der Waals surface area contributed by atoms with E-state index >= 15 is 0 Å². The van der Waals surface area contributed by atoms with Gasteiger partial charge in [-0.25, -0.2) is 0 Å². The lowest BCUT2D eigenvalue weighted by molar-refractivity contribution is -0.139. The molecule has 0 bridgehead atoms. The Bertz CT molecular complexity index is 837. The molecule has 1 aliphatic carbocycles. The van der Waals surface area contributed by atoms with Gasteiger partial charge in [0.05, 0.1) is 12.5 Å². The van der Waals surface area contributed by atoms with Crippen molar-refractivity contribution in [2.45, 2.75) is 50.5 Å². The topological polar surface area (TPSA) is 62.5 Å². The molecule has 3 heterocycles. The van der Waals surface area contributed by atoms with Crippen molar-refractivity contribution in [2.24, 2.45) is 5.41 Å². The molecule has 3 fully saturated rings. The lowest BCUT2D eigenvalue weighted by Crippen LogP contribution is -2.52. The van der Waals surface area contributed by atoms with Crippen LogP contribution in [-0.4, -0.2) is 52.6 Å². The molecule has 6 heteroatoms. The summed E-state index contributed by atoms with van der Waals surface area (Å²) in [5.41, 5.74) is 1.37. The number of carbonyl (C=O) groups is 1. The van der Waals surface area contributed by atoms with Crippen molar-refractivity contribution in [2.75, 3.05) is 26.7 Å². The first-order chi connectivity index (χ1) is 13.6. The molecule has 28 heavy (non-hydrogen) atoms. The van der Waals surface area contributed by atoms with Gasteiger partial charge in [-0.3, -0.25) is 9.69 Å². The predicted molar refractivity (Wildman–Crippen MR) is 105 cm³/mol. The van der Waals surface area contributed by atoms with E-state index in [1.165, 1.54) is 12.8 Å². The number of hydrogen-bond acceptors (Lipinski definition) is 5. The summed E-state index contributed by atoms with van der Waals surface area (Å²) in [7, 11) is 1.96. The monoisotopic (exact) mass is 380 g/mol. The van der Waals surface area contributed by atoms with Crippen LogP contribution in [0.2, 0.25) is 0 Å². The van der Waals surface area contributed by atoms with Crippen molar-refractivity contribution in [1.82, 2.24) is 20.0 Å². The second-order valence-corrected chi connectivity index (χ2v) is 8.95. The second kappa shape index (κ2) is 6.99. The van der Waals surface area contributed by atoms with Crippen LogP contribution in [0.5, 0.6) is 0 Å². The Balaban J connectivity index is 1.24. The summed E-state index contributed by atoms with van der Waals surface area (Å²) in [6.45, 7) is 3.65. The average molecular weight is 380 g/mol. The first-order valence-corrected chi connectivity index (χ1v) is 10.5. The van der Waals surface area contributed by atoms with Crippen LogP contribution in [0.25, 0.3) is 0 Å². The van der Waals surface area contributed by atoms with Gasteiger partial charge < -0.3 is 9.32 Å². The van der Waals surface area contributed by atoms with Gasteiger partial charge in [0.15, 0.2) is 0 Å². The van der Waals surface area contributed by atoms with Gasteiger partial charge >= 0.3 is 0 Å². The zero-order valence-electron chi connectivity index (χ0n) is 16.5. The third kappa shape index (κ3) is 3.46. The Morgan fingerprint density at radius 1 is 1.14 bits per heavy atom. The summed E-state index contributed by atoms with van der Waals surface area (Å²) >= 11 is 0. The van der Waals surface area contributed by atoms with Crippen LogP contribution < -0.4 is 0 Å². The van der Waals surface area contributed by atoms with Gasteiger partial charge in [-0.2, -0.15) is 0 Å².